The van der Waals surface area contributed by atoms with E-state index in [0.717, 1.165) is 18.7 Å². The van der Waals surface area contributed by atoms with Crippen molar-refractivity contribution in [2.45, 2.75) is 45.2 Å². The standard InChI is InChI=1S/C15H23N5/c1-4-10-20-13(11-17-19-20)14(18-16)15(2,3)12-8-6-5-7-9-12/h5-9,11,14,18H,4,10,16H2,1-3H3. The Morgan fingerprint density at radius 3 is 2.60 bits per heavy atom. The molecule has 5 nitrogen and oxygen atoms in total. The number of aryl methyl sites for hydroxylation is 1. The first-order valence-corrected chi connectivity index (χ1v) is 7.01. The van der Waals surface area contributed by atoms with E-state index in [1.54, 1.807) is 6.20 Å². The van der Waals surface area contributed by atoms with Crippen molar-refractivity contribution in [3.8, 4) is 0 Å². The molecular weight excluding hydrogens is 250 g/mol. The largest absolute Gasteiger partial charge is 0.271 e. The van der Waals surface area contributed by atoms with Crippen LogP contribution in [0.5, 0.6) is 0 Å². The lowest BCUT2D eigenvalue weighted by molar-refractivity contribution is 0.330. The summed E-state index contributed by atoms with van der Waals surface area (Å²) < 4.78 is 1.93. The Morgan fingerprint density at radius 2 is 2.00 bits per heavy atom. The van der Waals surface area contributed by atoms with Crippen LogP contribution in [0, 0.1) is 0 Å². The Kier molecular flexibility index (Phi) is 4.52. The van der Waals surface area contributed by atoms with Gasteiger partial charge in [0.1, 0.15) is 0 Å². The molecule has 1 aromatic heterocycles. The van der Waals surface area contributed by atoms with E-state index in [9.17, 15) is 0 Å². The minimum Gasteiger partial charge on any atom is -0.271 e. The number of hydrogen-bond donors (Lipinski definition) is 2. The van der Waals surface area contributed by atoms with Crippen LogP contribution in [0.1, 0.15) is 44.5 Å². The highest BCUT2D eigenvalue weighted by molar-refractivity contribution is 5.28. The normalized spacial score (nSPS) is 13.4. The van der Waals surface area contributed by atoms with E-state index in [0.29, 0.717) is 0 Å². The maximum Gasteiger partial charge on any atom is 0.0778 e. The molecule has 0 saturated carbocycles. The predicted octanol–water partition coefficient (Wildman–Crippen LogP) is 2.17. The lowest BCUT2D eigenvalue weighted by Crippen LogP contribution is -2.42. The van der Waals surface area contributed by atoms with Gasteiger partial charge in [-0.3, -0.25) is 11.3 Å². The Labute approximate surface area is 120 Å². The molecule has 0 aliphatic rings. The molecule has 5 heteroatoms. The second-order valence-electron chi connectivity index (χ2n) is 5.57. The SMILES string of the molecule is CCCn1nncc1C(NN)C(C)(C)c1ccccc1. The molecule has 1 aromatic carbocycles. The minimum absolute atomic E-state index is 0.0496. The van der Waals surface area contributed by atoms with Crippen LogP contribution < -0.4 is 11.3 Å². The van der Waals surface area contributed by atoms with Crippen molar-refractivity contribution >= 4 is 0 Å². The highest BCUT2D eigenvalue weighted by atomic mass is 15.4. The monoisotopic (exact) mass is 273 g/mol. The molecule has 2 rings (SSSR count). The summed E-state index contributed by atoms with van der Waals surface area (Å²) in [5.74, 6) is 5.83. The fourth-order valence-electron chi connectivity index (χ4n) is 2.57. The molecule has 0 bridgehead atoms. The number of aromatic nitrogens is 3. The summed E-state index contributed by atoms with van der Waals surface area (Å²) in [6, 6.07) is 10.3. The van der Waals surface area contributed by atoms with Gasteiger partial charge in [-0.25, -0.2) is 4.68 Å². The topological polar surface area (TPSA) is 68.8 Å². The van der Waals surface area contributed by atoms with E-state index in [1.165, 1.54) is 5.56 Å². The number of nitrogens with one attached hydrogen (secondary N) is 1. The maximum atomic E-state index is 5.83. The van der Waals surface area contributed by atoms with E-state index < -0.39 is 0 Å². The Bertz CT molecular complexity index is 532. The molecule has 1 heterocycles. The zero-order chi connectivity index (χ0) is 14.6. The quantitative estimate of drug-likeness (QED) is 0.625. The number of nitrogens with two attached hydrogens (primary N) is 1. The van der Waals surface area contributed by atoms with Crippen molar-refractivity contribution in [1.82, 2.24) is 20.4 Å². The number of rotatable bonds is 6. The van der Waals surface area contributed by atoms with E-state index in [-0.39, 0.29) is 11.5 Å². The third-order valence-corrected chi connectivity index (χ3v) is 3.78. The Balaban J connectivity index is 2.38. The molecule has 0 saturated heterocycles. The van der Waals surface area contributed by atoms with Gasteiger partial charge in [0, 0.05) is 12.0 Å². The second-order valence-corrected chi connectivity index (χ2v) is 5.57. The molecule has 2 aromatic rings. The van der Waals surface area contributed by atoms with Crippen molar-refractivity contribution in [3.63, 3.8) is 0 Å². The smallest absolute Gasteiger partial charge is 0.0778 e. The number of hydrazine groups is 1. The predicted molar refractivity (Wildman–Crippen MR) is 79.8 cm³/mol. The van der Waals surface area contributed by atoms with Gasteiger partial charge >= 0.3 is 0 Å². The van der Waals surface area contributed by atoms with Gasteiger partial charge < -0.3 is 0 Å². The molecule has 108 valence electrons. The van der Waals surface area contributed by atoms with Crippen LogP contribution in [0.4, 0.5) is 0 Å². The fraction of sp³-hybridized carbons (Fsp3) is 0.467. The second kappa shape index (κ2) is 6.15. The summed E-state index contributed by atoms with van der Waals surface area (Å²) in [6.07, 6.45) is 2.81. The molecule has 0 spiro atoms. The molecule has 0 aliphatic heterocycles. The van der Waals surface area contributed by atoms with E-state index in [4.69, 9.17) is 5.84 Å². The zero-order valence-corrected chi connectivity index (χ0v) is 12.4. The van der Waals surface area contributed by atoms with Gasteiger partial charge in [0.15, 0.2) is 0 Å². The Morgan fingerprint density at radius 1 is 1.30 bits per heavy atom. The van der Waals surface area contributed by atoms with Crippen LogP contribution in [-0.2, 0) is 12.0 Å². The number of benzene rings is 1. The van der Waals surface area contributed by atoms with E-state index in [1.807, 2.05) is 22.9 Å². The average Bonchev–Trinajstić information content (AvgIpc) is 2.89. The molecule has 1 atom stereocenters. The first-order chi connectivity index (χ1) is 9.61. The van der Waals surface area contributed by atoms with Gasteiger partial charge in [0.2, 0.25) is 0 Å². The third-order valence-electron chi connectivity index (χ3n) is 3.78. The van der Waals surface area contributed by atoms with Gasteiger partial charge in [-0.05, 0) is 12.0 Å². The average molecular weight is 273 g/mol. The van der Waals surface area contributed by atoms with Crippen LogP contribution in [0.3, 0.4) is 0 Å². The first kappa shape index (κ1) is 14.7. The van der Waals surface area contributed by atoms with Gasteiger partial charge in [-0.1, -0.05) is 56.3 Å². The highest BCUT2D eigenvalue weighted by Gasteiger charge is 2.34. The summed E-state index contributed by atoms with van der Waals surface area (Å²) in [6.45, 7) is 7.32. The summed E-state index contributed by atoms with van der Waals surface area (Å²) in [5.41, 5.74) is 5.02. The molecule has 20 heavy (non-hydrogen) atoms. The van der Waals surface area contributed by atoms with Crippen LogP contribution >= 0.6 is 0 Å². The van der Waals surface area contributed by atoms with Gasteiger partial charge in [-0.15, -0.1) is 5.10 Å². The molecule has 0 amide bonds. The van der Waals surface area contributed by atoms with Crippen molar-refractivity contribution in [1.29, 1.82) is 0 Å². The molecule has 0 radical (unpaired) electrons. The van der Waals surface area contributed by atoms with Crippen molar-refractivity contribution in [3.05, 3.63) is 47.8 Å². The summed E-state index contributed by atoms with van der Waals surface area (Å²) >= 11 is 0. The number of nitrogens with zero attached hydrogens (tertiary/aromatic N) is 3. The van der Waals surface area contributed by atoms with Crippen LogP contribution in [0.15, 0.2) is 36.5 Å². The number of hydrogen-bond acceptors (Lipinski definition) is 4. The van der Waals surface area contributed by atoms with Crippen molar-refractivity contribution < 1.29 is 0 Å². The van der Waals surface area contributed by atoms with Crippen molar-refractivity contribution in [2.24, 2.45) is 5.84 Å². The third kappa shape index (κ3) is 2.73. The molecular formula is C15H23N5. The van der Waals surface area contributed by atoms with Gasteiger partial charge in [0.25, 0.3) is 0 Å². The molecule has 0 fully saturated rings. The minimum atomic E-state index is -0.163. The first-order valence-electron chi connectivity index (χ1n) is 7.01. The van der Waals surface area contributed by atoms with Crippen LogP contribution in [0.25, 0.3) is 0 Å². The summed E-state index contributed by atoms with van der Waals surface area (Å²) in [5, 5.41) is 8.19. The van der Waals surface area contributed by atoms with Crippen molar-refractivity contribution in [2.75, 3.05) is 0 Å². The van der Waals surface area contributed by atoms with Crippen LogP contribution in [-0.4, -0.2) is 15.0 Å². The van der Waals surface area contributed by atoms with Gasteiger partial charge in [-0.2, -0.15) is 0 Å². The fourth-order valence-corrected chi connectivity index (χ4v) is 2.57. The Hall–Kier alpha value is -1.72. The van der Waals surface area contributed by atoms with Crippen LogP contribution in [0.2, 0.25) is 0 Å². The summed E-state index contributed by atoms with van der Waals surface area (Å²) in [7, 11) is 0. The highest BCUT2D eigenvalue weighted by Crippen LogP contribution is 2.35. The van der Waals surface area contributed by atoms with E-state index >= 15 is 0 Å². The van der Waals surface area contributed by atoms with Gasteiger partial charge in [0.05, 0.1) is 17.9 Å². The summed E-state index contributed by atoms with van der Waals surface area (Å²) in [4.78, 5) is 0. The maximum absolute atomic E-state index is 5.83. The molecule has 1 unspecified atom stereocenters. The lowest BCUT2D eigenvalue weighted by atomic mass is 9.76. The van der Waals surface area contributed by atoms with E-state index in [2.05, 4.69) is 48.6 Å². The lowest BCUT2D eigenvalue weighted by Gasteiger charge is -2.34. The molecule has 3 N–H and O–H groups in total. The zero-order valence-electron chi connectivity index (χ0n) is 12.4. The molecule has 0 aliphatic carbocycles.